The summed E-state index contributed by atoms with van der Waals surface area (Å²) < 4.78 is 1.76. The minimum Gasteiger partial charge on any atom is -0.368 e. The largest absolute Gasteiger partial charge is 0.368 e. The smallest absolute Gasteiger partial charge is 0.265 e. The zero-order valence-corrected chi connectivity index (χ0v) is 25.1. The fraction of sp³-hybridized carbons (Fsp3) is 0.419. The van der Waals surface area contributed by atoms with Gasteiger partial charge in [0, 0.05) is 55.0 Å². The van der Waals surface area contributed by atoms with Gasteiger partial charge in [0.25, 0.3) is 5.91 Å². The number of thiophene rings is 1. The number of amides is 1. The van der Waals surface area contributed by atoms with Gasteiger partial charge in [0.15, 0.2) is 0 Å². The number of rotatable bonds is 7. The topological polar surface area (TPSA) is 79.2 Å². The van der Waals surface area contributed by atoms with Crippen LogP contribution in [0.2, 0.25) is 0 Å². The van der Waals surface area contributed by atoms with Gasteiger partial charge in [-0.05, 0) is 54.2 Å². The molecule has 8 nitrogen and oxygen atoms in total. The lowest BCUT2D eigenvalue weighted by Gasteiger charge is -2.36. The molecule has 4 heterocycles. The van der Waals surface area contributed by atoms with Crippen molar-refractivity contribution >= 4 is 28.6 Å². The molecule has 0 aliphatic carbocycles. The molecule has 0 atom stereocenters. The molecule has 3 aromatic heterocycles. The van der Waals surface area contributed by atoms with Crippen LogP contribution in [0.4, 0.5) is 11.4 Å². The molecule has 1 aliphatic heterocycles. The van der Waals surface area contributed by atoms with Crippen LogP contribution in [0.5, 0.6) is 0 Å². The average molecular weight is 558 g/mol. The summed E-state index contributed by atoms with van der Waals surface area (Å²) in [6.07, 6.45) is 5.69. The Bertz CT molecular complexity index is 1470. The van der Waals surface area contributed by atoms with Crippen LogP contribution in [0.3, 0.4) is 0 Å². The Kier molecular flexibility index (Phi) is 8.05. The van der Waals surface area contributed by atoms with E-state index in [0.29, 0.717) is 16.5 Å². The number of anilines is 2. The van der Waals surface area contributed by atoms with Crippen molar-refractivity contribution in [2.45, 2.75) is 47.0 Å². The lowest BCUT2D eigenvalue weighted by molar-refractivity contribution is 0.103. The molecule has 0 spiro atoms. The molecule has 0 saturated carbocycles. The van der Waals surface area contributed by atoms with Crippen molar-refractivity contribution in [3.63, 3.8) is 0 Å². The summed E-state index contributed by atoms with van der Waals surface area (Å²) in [5.41, 5.74) is 5.43. The van der Waals surface area contributed by atoms with Crippen molar-refractivity contribution in [2.24, 2.45) is 5.92 Å². The van der Waals surface area contributed by atoms with Gasteiger partial charge in [-0.15, -0.1) is 16.4 Å². The quantitative estimate of drug-likeness (QED) is 0.299. The number of hydrogen-bond donors (Lipinski definition) is 1. The van der Waals surface area contributed by atoms with Crippen LogP contribution in [-0.4, -0.2) is 63.5 Å². The van der Waals surface area contributed by atoms with Crippen LogP contribution in [0.1, 0.15) is 54.7 Å². The molecule has 5 rings (SSSR count). The molecule has 40 heavy (non-hydrogen) atoms. The molecule has 1 aromatic carbocycles. The van der Waals surface area contributed by atoms with Gasteiger partial charge in [-0.1, -0.05) is 45.9 Å². The number of aryl methyl sites for hydroxylation is 1. The minimum atomic E-state index is -0.109. The molecule has 4 aromatic rings. The molecule has 9 heteroatoms. The minimum absolute atomic E-state index is 0.0164. The van der Waals surface area contributed by atoms with Crippen LogP contribution in [0.25, 0.3) is 16.9 Å². The molecule has 210 valence electrons. The van der Waals surface area contributed by atoms with Gasteiger partial charge in [0.1, 0.15) is 5.69 Å². The number of carbonyl (C=O) groups is 1. The van der Waals surface area contributed by atoms with E-state index in [4.69, 9.17) is 0 Å². The van der Waals surface area contributed by atoms with Gasteiger partial charge in [0.05, 0.1) is 28.6 Å². The molecule has 1 saturated heterocycles. The van der Waals surface area contributed by atoms with E-state index >= 15 is 0 Å². The summed E-state index contributed by atoms with van der Waals surface area (Å²) in [5.74, 6) is 0.574. The average Bonchev–Trinajstić information content (AvgIpc) is 3.61. The highest BCUT2D eigenvalue weighted by Gasteiger charge is 2.20. The maximum Gasteiger partial charge on any atom is 0.265 e. The predicted octanol–water partition coefficient (Wildman–Crippen LogP) is 6.03. The van der Waals surface area contributed by atoms with E-state index in [-0.39, 0.29) is 11.3 Å². The first-order chi connectivity index (χ1) is 19.1. The van der Waals surface area contributed by atoms with Crippen molar-refractivity contribution in [1.82, 2.24) is 24.9 Å². The highest BCUT2D eigenvalue weighted by Crippen LogP contribution is 2.30. The predicted molar refractivity (Wildman–Crippen MR) is 164 cm³/mol. The van der Waals surface area contributed by atoms with Crippen molar-refractivity contribution in [1.29, 1.82) is 0 Å². The molecule has 1 N–H and O–H groups in total. The number of nitrogens with zero attached hydrogens (tertiary/aromatic N) is 6. The van der Waals surface area contributed by atoms with Crippen LogP contribution >= 0.6 is 11.3 Å². The molecular formula is C31H39N7OS. The third kappa shape index (κ3) is 6.42. The number of carbonyl (C=O) groups excluding carboxylic acids is 1. The van der Waals surface area contributed by atoms with E-state index in [2.05, 4.69) is 71.1 Å². The second-order valence-corrected chi connectivity index (χ2v) is 13.1. The summed E-state index contributed by atoms with van der Waals surface area (Å²) in [4.78, 5) is 24.3. The molecule has 0 radical (unpaired) electrons. The Hall–Kier alpha value is -3.56. The Labute approximate surface area is 241 Å². The van der Waals surface area contributed by atoms with E-state index in [1.807, 2.05) is 55.8 Å². The Balaban J connectivity index is 1.30. The number of nitrogens with one attached hydrogen (secondary N) is 1. The van der Waals surface area contributed by atoms with Gasteiger partial charge < -0.3 is 10.2 Å². The van der Waals surface area contributed by atoms with Gasteiger partial charge in [0.2, 0.25) is 0 Å². The maximum absolute atomic E-state index is 13.0. The second kappa shape index (κ2) is 11.5. The summed E-state index contributed by atoms with van der Waals surface area (Å²) >= 11 is 1.53. The standard InChI is InChI=1S/C31H39N7OS/c1-21(2)19-36-11-13-37(14-12-36)25-15-23(17-32-18-25)26-20-38(35-34-26)27-16-24(8-7-22(27)3)33-30(39)28-9-10-29(40-28)31(4,5)6/h7-10,15-18,20-21H,11-14,19H2,1-6H3,(H,33,39). The number of hydrogen-bond acceptors (Lipinski definition) is 7. The first-order valence-corrected chi connectivity index (χ1v) is 14.8. The van der Waals surface area contributed by atoms with Crippen LogP contribution in [0.15, 0.2) is 55.0 Å². The van der Waals surface area contributed by atoms with Gasteiger partial charge in [-0.3, -0.25) is 14.7 Å². The summed E-state index contributed by atoms with van der Waals surface area (Å²) in [6, 6.07) is 11.9. The lowest BCUT2D eigenvalue weighted by Crippen LogP contribution is -2.47. The van der Waals surface area contributed by atoms with Crippen molar-refractivity contribution in [3.8, 4) is 16.9 Å². The maximum atomic E-state index is 13.0. The SMILES string of the molecule is Cc1ccc(NC(=O)c2ccc(C(C)(C)C)s2)cc1-n1cc(-c2cncc(N3CCN(CC(C)C)CC3)c2)nn1. The zero-order chi connectivity index (χ0) is 28.4. The normalized spacial score (nSPS) is 14.6. The van der Waals surface area contributed by atoms with Crippen LogP contribution < -0.4 is 10.2 Å². The highest BCUT2D eigenvalue weighted by atomic mass is 32.1. The van der Waals surface area contributed by atoms with E-state index < -0.39 is 0 Å². The zero-order valence-electron chi connectivity index (χ0n) is 24.3. The van der Waals surface area contributed by atoms with Crippen LogP contribution in [-0.2, 0) is 5.41 Å². The van der Waals surface area contributed by atoms with Crippen molar-refractivity contribution < 1.29 is 4.79 Å². The van der Waals surface area contributed by atoms with Crippen LogP contribution in [0, 0.1) is 12.8 Å². The molecule has 0 bridgehead atoms. The fourth-order valence-electron chi connectivity index (χ4n) is 4.95. The van der Waals surface area contributed by atoms with Gasteiger partial charge >= 0.3 is 0 Å². The summed E-state index contributed by atoms with van der Waals surface area (Å²) in [6.45, 7) is 18.3. The van der Waals surface area contributed by atoms with E-state index in [1.165, 1.54) is 16.2 Å². The van der Waals surface area contributed by atoms with E-state index in [1.54, 1.807) is 4.68 Å². The molecule has 1 amide bonds. The Morgan fingerprint density at radius 2 is 1.82 bits per heavy atom. The van der Waals surface area contributed by atoms with Gasteiger partial charge in [-0.2, -0.15) is 0 Å². The van der Waals surface area contributed by atoms with E-state index in [9.17, 15) is 4.79 Å². The van der Waals surface area contributed by atoms with Crippen molar-refractivity contribution in [3.05, 3.63) is 70.3 Å². The number of aromatic nitrogens is 4. The second-order valence-electron chi connectivity index (χ2n) is 12.0. The highest BCUT2D eigenvalue weighted by molar-refractivity contribution is 7.14. The third-order valence-electron chi connectivity index (χ3n) is 7.16. The first kappa shape index (κ1) is 28.0. The molecular weight excluding hydrogens is 518 g/mol. The molecule has 1 aliphatic rings. The van der Waals surface area contributed by atoms with Gasteiger partial charge in [-0.25, -0.2) is 4.68 Å². The monoisotopic (exact) mass is 557 g/mol. The molecule has 0 unspecified atom stereocenters. The summed E-state index contributed by atoms with van der Waals surface area (Å²) in [5, 5.41) is 11.9. The number of piperazine rings is 1. The number of benzene rings is 1. The fourth-order valence-corrected chi connectivity index (χ4v) is 5.91. The number of pyridine rings is 1. The third-order valence-corrected chi connectivity index (χ3v) is 8.67. The summed E-state index contributed by atoms with van der Waals surface area (Å²) in [7, 11) is 0. The lowest BCUT2D eigenvalue weighted by atomic mass is 9.95. The Morgan fingerprint density at radius 3 is 2.52 bits per heavy atom. The van der Waals surface area contributed by atoms with Crippen molar-refractivity contribution in [2.75, 3.05) is 42.9 Å². The van der Waals surface area contributed by atoms with E-state index in [0.717, 1.165) is 60.9 Å². The Morgan fingerprint density at radius 1 is 1.05 bits per heavy atom. The first-order valence-electron chi connectivity index (χ1n) is 13.9. The molecule has 1 fully saturated rings.